The molecule has 8 nitrogen and oxygen atoms in total. The largest absolute Gasteiger partial charge is 0.497 e. The van der Waals surface area contributed by atoms with Crippen molar-refractivity contribution in [3.8, 4) is 11.4 Å². The van der Waals surface area contributed by atoms with Gasteiger partial charge in [-0.3, -0.25) is 4.79 Å². The van der Waals surface area contributed by atoms with E-state index >= 15 is 0 Å². The lowest BCUT2D eigenvalue weighted by Gasteiger charge is -2.14. The number of hydrogen-bond acceptors (Lipinski definition) is 5. The lowest BCUT2D eigenvalue weighted by Crippen LogP contribution is -2.34. The quantitative estimate of drug-likeness (QED) is 0.547. The van der Waals surface area contributed by atoms with Crippen LogP contribution >= 0.6 is 0 Å². The van der Waals surface area contributed by atoms with E-state index in [0.717, 1.165) is 28.8 Å². The van der Waals surface area contributed by atoms with Gasteiger partial charge in [-0.05, 0) is 71.8 Å². The Bertz CT molecular complexity index is 1130. The number of hydrogen-bond donors (Lipinski definition) is 1. The van der Waals surface area contributed by atoms with Crippen LogP contribution in [0.5, 0.6) is 5.75 Å². The van der Waals surface area contributed by atoms with Crippen LogP contribution in [0, 0.1) is 0 Å². The number of rotatable bonds is 6. The molecule has 29 heavy (non-hydrogen) atoms. The smallest absolute Gasteiger partial charge is 0.251 e. The first-order chi connectivity index (χ1) is 14.0. The van der Waals surface area contributed by atoms with Gasteiger partial charge in [-0.15, -0.1) is 5.10 Å². The first-order valence-corrected chi connectivity index (χ1v) is 9.31. The van der Waals surface area contributed by atoms with E-state index < -0.39 is 0 Å². The Morgan fingerprint density at radius 1 is 1.21 bits per heavy atom. The molecule has 0 bridgehead atoms. The highest BCUT2D eigenvalue weighted by Gasteiger charge is 2.14. The number of carbonyl (C=O) groups excluding carboxylic acids is 1. The van der Waals surface area contributed by atoms with Gasteiger partial charge in [-0.1, -0.05) is 0 Å². The van der Waals surface area contributed by atoms with E-state index in [2.05, 4.69) is 31.6 Å². The average Bonchev–Trinajstić information content (AvgIpc) is 3.37. The zero-order valence-corrected chi connectivity index (χ0v) is 16.5. The third kappa shape index (κ3) is 3.82. The van der Waals surface area contributed by atoms with Crippen molar-refractivity contribution in [2.24, 2.45) is 7.05 Å². The summed E-state index contributed by atoms with van der Waals surface area (Å²) in [4.78, 5) is 12.6. The van der Waals surface area contributed by atoms with Crippen LogP contribution in [0.2, 0.25) is 0 Å². The summed E-state index contributed by atoms with van der Waals surface area (Å²) in [5.41, 5.74) is 3.69. The highest BCUT2D eigenvalue weighted by atomic mass is 16.5. The number of methoxy groups -OCH3 is 1. The topological polar surface area (TPSA) is 86.9 Å². The normalized spacial score (nSPS) is 12.1. The maximum atomic E-state index is 12.6. The molecule has 1 unspecified atom stereocenters. The van der Waals surface area contributed by atoms with Gasteiger partial charge < -0.3 is 14.6 Å². The summed E-state index contributed by atoms with van der Waals surface area (Å²) in [6.45, 7) is 2.01. The lowest BCUT2D eigenvalue weighted by molar-refractivity contribution is 0.0940. The minimum atomic E-state index is -0.112. The maximum Gasteiger partial charge on any atom is 0.251 e. The second kappa shape index (κ2) is 7.75. The number of carbonyl (C=O) groups is 1. The summed E-state index contributed by atoms with van der Waals surface area (Å²) in [6, 6.07) is 13.2. The predicted octanol–water partition coefficient (Wildman–Crippen LogP) is 2.52. The molecule has 0 saturated heterocycles. The number of benzene rings is 2. The molecule has 2 aromatic heterocycles. The zero-order chi connectivity index (χ0) is 20.4. The number of nitrogens with one attached hydrogen (secondary N) is 1. The van der Waals surface area contributed by atoms with E-state index in [0.29, 0.717) is 5.56 Å². The molecule has 1 N–H and O–H groups in total. The number of ether oxygens (including phenoxy) is 1. The molecule has 0 aliphatic rings. The molecule has 4 aromatic rings. The number of aromatic nitrogens is 5. The van der Waals surface area contributed by atoms with Crippen LogP contribution < -0.4 is 10.1 Å². The summed E-state index contributed by atoms with van der Waals surface area (Å²) in [6.07, 6.45) is 4.34. The Morgan fingerprint density at radius 2 is 2.00 bits per heavy atom. The van der Waals surface area contributed by atoms with Crippen LogP contribution in [-0.4, -0.2) is 43.8 Å². The van der Waals surface area contributed by atoms with Gasteiger partial charge >= 0.3 is 0 Å². The number of aryl methyl sites for hydroxylation is 1. The molecule has 4 rings (SSSR count). The van der Waals surface area contributed by atoms with Crippen molar-refractivity contribution in [1.82, 2.24) is 30.1 Å². The highest BCUT2D eigenvalue weighted by Crippen LogP contribution is 2.26. The summed E-state index contributed by atoms with van der Waals surface area (Å²) in [5.74, 6) is 0.711. The van der Waals surface area contributed by atoms with Gasteiger partial charge in [0.25, 0.3) is 5.91 Å². The van der Waals surface area contributed by atoms with Crippen LogP contribution in [0.15, 0.2) is 55.0 Å². The van der Waals surface area contributed by atoms with Crippen molar-refractivity contribution < 1.29 is 9.53 Å². The fourth-order valence-corrected chi connectivity index (χ4v) is 3.48. The minimum absolute atomic E-state index is 0.0292. The number of amides is 1. The predicted molar refractivity (Wildman–Crippen MR) is 109 cm³/mol. The number of fused-ring (bicyclic) bond motifs is 1. The molecule has 1 amide bonds. The van der Waals surface area contributed by atoms with Gasteiger partial charge in [-0.25, -0.2) is 4.68 Å². The standard InChI is InChI=1S/C21H22N6O2/c1-14(10-16-12-26(2)20-9-8-18(29-3)11-19(16)20)23-21(28)15-4-6-17(7-5-15)27-13-22-24-25-27/h4-9,11-14H,10H2,1-3H3,(H,23,28). The maximum absolute atomic E-state index is 12.6. The van der Waals surface area contributed by atoms with Crippen molar-refractivity contribution in [3.05, 3.63) is 66.1 Å². The number of nitrogens with zero attached hydrogens (tertiary/aromatic N) is 5. The fourth-order valence-electron chi connectivity index (χ4n) is 3.48. The molecule has 0 fully saturated rings. The molecule has 2 aromatic carbocycles. The van der Waals surface area contributed by atoms with Gasteiger partial charge in [0, 0.05) is 35.8 Å². The highest BCUT2D eigenvalue weighted by molar-refractivity contribution is 5.94. The second-order valence-corrected chi connectivity index (χ2v) is 7.03. The average molecular weight is 390 g/mol. The Labute approximate surface area is 168 Å². The van der Waals surface area contributed by atoms with Crippen LogP contribution in [0.1, 0.15) is 22.8 Å². The van der Waals surface area contributed by atoms with Gasteiger partial charge in [0.05, 0.1) is 12.8 Å². The van der Waals surface area contributed by atoms with E-state index in [4.69, 9.17) is 4.74 Å². The first kappa shape index (κ1) is 18.7. The van der Waals surface area contributed by atoms with E-state index in [1.54, 1.807) is 23.9 Å². The van der Waals surface area contributed by atoms with E-state index in [1.165, 1.54) is 11.9 Å². The molecule has 2 heterocycles. The molecule has 8 heteroatoms. The van der Waals surface area contributed by atoms with Crippen molar-refractivity contribution in [3.63, 3.8) is 0 Å². The molecule has 1 atom stereocenters. The van der Waals surface area contributed by atoms with Crippen LogP contribution in [-0.2, 0) is 13.5 Å². The van der Waals surface area contributed by atoms with Crippen molar-refractivity contribution in [2.75, 3.05) is 7.11 Å². The van der Waals surface area contributed by atoms with Crippen LogP contribution in [0.3, 0.4) is 0 Å². The number of tetrazole rings is 1. The Hall–Kier alpha value is -3.68. The zero-order valence-electron chi connectivity index (χ0n) is 16.5. The van der Waals surface area contributed by atoms with E-state index in [-0.39, 0.29) is 11.9 Å². The molecule has 148 valence electrons. The summed E-state index contributed by atoms with van der Waals surface area (Å²) in [5, 5.41) is 15.3. The van der Waals surface area contributed by atoms with Gasteiger partial charge in [-0.2, -0.15) is 0 Å². The SMILES string of the molecule is COc1ccc2c(c1)c(CC(C)NC(=O)c1ccc(-n3cnnn3)cc1)cn2C. The summed E-state index contributed by atoms with van der Waals surface area (Å²) in [7, 11) is 3.69. The molecule has 0 saturated carbocycles. The monoisotopic (exact) mass is 390 g/mol. The Morgan fingerprint density at radius 3 is 2.69 bits per heavy atom. The lowest BCUT2D eigenvalue weighted by atomic mass is 10.1. The van der Waals surface area contributed by atoms with Gasteiger partial charge in [0.2, 0.25) is 0 Å². The Balaban J connectivity index is 1.46. The van der Waals surface area contributed by atoms with Crippen LogP contribution in [0.4, 0.5) is 0 Å². The molecular weight excluding hydrogens is 368 g/mol. The van der Waals surface area contributed by atoms with E-state index in [9.17, 15) is 4.79 Å². The van der Waals surface area contributed by atoms with Crippen molar-refractivity contribution in [1.29, 1.82) is 0 Å². The summed E-state index contributed by atoms with van der Waals surface area (Å²) < 4.78 is 8.99. The van der Waals surface area contributed by atoms with Crippen molar-refractivity contribution in [2.45, 2.75) is 19.4 Å². The van der Waals surface area contributed by atoms with Crippen molar-refractivity contribution >= 4 is 16.8 Å². The molecule has 0 aliphatic carbocycles. The van der Waals surface area contributed by atoms with E-state index in [1.807, 2.05) is 44.3 Å². The molecule has 0 aliphatic heterocycles. The third-order valence-electron chi connectivity index (χ3n) is 4.93. The van der Waals surface area contributed by atoms with Crippen LogP contribution in [0.25, 0.3) is 16.6 Å². The first-order valence-electron chi connectivity index (χ1n) is 9.31. The molecular formula is C21H22N6O2. The third-order valence-corrected chi connectivity index (χ3v) is 4.93. The fraction of sp³-hybridized carbons (Fsp3) is 0.238. The minimum Gasteiger partial charge on any atom is -0.497 e. The molecule has 0 spiro atoms. The Kier molecular flexibility index (Phi) is 4.99. The van der Waals surface area contributed by atoms with Gasteiger partial charge in [0.1, 0.15) is 12.1 Å². The second-order valence-electron chi connectivity index (χ2n) is 7.03. The molecule has 0 radical (unpaired) electrons. The summed E-state index contributed by atoms with van der Waals surface area (Å²) >= 11 is 0. The van der Waals surface area contributed by atoms with Gasteiger partial charge in [0.15, 0.2) is 0 Å².